The number of amides is 4. The van der Waals surface area contributed by atoms with E-state index in [9.17, 15) is 24.0 Å². The SMILES string of the molecule is CC(C)(C)OC(=O)CC1CN(C2CCN(c3ccc4c(c3)C(=O)N(C3CCC(=O)NC3=O)C4=O)CC2)C1. The van der Waals surface area contributed by atoms with Crippen LogP contribution in [0.4, 0.5) is 5.69 Å². The maximum Gasteiger partial charge on any atom is 0.306 e. The second kappa shape index (κ2) is 9.55. The molecule has 3 fully saturated rings. The quantitative estimate of drug-likeness (QED) is 0.470. The van der Waals surface area contributed by atoms with Crippen molar-refractivity contribution in [3.63, 3.8) is 0 Å². The van der Waals surface area contributed by atoms with Crippen LogP contribution in [0.1, 0.15) is 73.6 Å². The predicted octanol–water partition coefficient (Wildman–Crippen LogP) is 1.72. The van der Waals surface area contributed by atoms with Gasteiger partial charge >= 0.3 is 5.97 Å². The number of imide groups is 2. The van der Waals surface area contributed by atoms with Crippen molar-refractivity contribution >= 4 is 35.3 Å². The van der Waals surface area contributed by atoms with Gasteiger partial charge < -0.3 is 9.64 Å². The molecule has 4 amide bonds. The van der Waals surface area contributed by atoms with Crippen LogP contribution in [-0.2, 0) is 19.1 Å². The summed E-state index contributed by atoms with van der Waals surface area (Å²) in [6.07, 6.45) is 2.66. The van der Waals surface area contributed by atoms with Gasteiger partial charge in [0.05, 0.1) is 17.5 Å². The summed E-state index contributed by atoms with van der Waals surface area (Å²) in [5, 5.41) is 2.22. The molecule has 0 aliphatic carbocycles. The highest BCUT2D eigenvalue weighted by Gasteiger charge is 2.45. The maximum atomic E-state index is 13.1. The Hall–Kier alpha value is -3.27. The first-order valence-electron chi connectivity index (χ1n) is 13.1. The number of hydrogen-bond donors (Lipinski definition) is 1. The van der Waals surface area contributed by atoms with Gasteiger partial charge in [0, 0.05) is 44.3 Å². The van der Waals surface area contributed by atoms with Crippen LogP contribution in [0.15, 0.2) is 18.2 Å². The molecule has 0 aromatic heterocycles. The van der Waals surface area contributed by atoms with E-state index in [1.165, 1.54) is 0 Å². The van der Waals surface area contributed by atoms with Crippen LogP contribution < -0.4 is 10.2 Å². The van der Waals surface area contributed by atoms with Crippen molar-refractivity contribution in [1.29, 1.82) is 0 Å². The molecule has 37 heavy (non-hydrogen) atoms. The van der Waals surface area contributed by atoms with Crippen LogP contribution in [0.2, 0.25) is 0 Å². The highest BCUT2D eigenvalue weighted by molar-refractivity contribution is 6.23. The first-order valence-corrected chi connectivity index (χ1v) is 13.1. The molecule has 3 saturated heterocycles. The summed E-state index contributed by atoms with van der Waals surface area (Å²) in [4.78, 5) is 67.6. The standard InChI is InChI=1S/C27H34N4O6/c1-27(2,3)37-23(33)12-16-14-30(15-16)17-8-10-29(11-9-17)18-4-5-19-20(13-18)26(36)31(25(19)35)21-6-7-22(32)28-24(21)34/h4-5,13,16-17,21H,6-12,14-15H2,1-3H3,(H,28,32,34). The molecular weight excluding hydrogens is 476 g/mol. The zero-order valence-corrected chi connectivity index (χ0v) is 21.6. The molecule has 0 bridgehead atoms. The molecule has 0 spiro atoms. The Morgan fingerprint density at radius 3 is 2.32 bits per heavy atom. The number of carbonyl (C=O) groups is 5. The maximum absolute atomic E-state index is 13.1. The van der Waals surface area contributed by atoms with Crippen molar-refractivity contribution in [2.24, 2.45) is 5.92 Å². The Balaban J connectivity index is 1.15. The summed E-state index contributed by atoms with van der Waals surface area (Å²) < 4.78 is 5.44. The first-order chi connectivity index (χ1) is 17.5. The Morgan fingerprint density at radius 1 is 1.00 bits per heavy atom. The van der Waals surface area contributed by atoms with Crippen LogP contribution in [0.5, 0.6) is 0 Å². The molecule has 1 aromatic rings. The second-order valence-electron chi connectivity index (χ2n) is 11.5. The number of nitrogens with zero attached hydrogens (tertiary/aromatic N) is 3. The number of esters is 1. The number of benzene rings is 1. The molecular formula is C27H34N4O6. The van der Waals surface area contributed by atoms with Gasteiger partial charge in [-0.15, -0.1) is 0 Å². The van der Waals surface area contributed by atoms with E-state index in [0.717, 1.165) is 49.6 Å². The lowest BCUT2D eigenvalue weighted by Crippen LogP contribution is -2.55. The number of likely N-dealkylation sites (tertiary alicyclic amines) is 1. The molecule has 1 unspecified atom stereocenters. The first kappa shape index (κ1) is 25.4. The molecule has 1 atom stereocenters. The van der Waals surface area contributed by atoms with E-state index in [2.05, 4.69) is 15.1 Å². The molecule has 198 valence electrons. The highest BCUT2D eigenvalue weighted by Crippen LogP contribution is 2.33. The summed E-state index contributed by atoms with van der Waals surface area (Å²) in [7, 11) is 0. The third kappa shape index (κ3) is 5.12. The Bertz CT molecular complexity index is 1140. The lowest BCUT2D eigenvalue weighted by molar-refractivity contribution is -0.157. The molecule has 1 aromatic carbocycles. The molecule has 0 radical (unpaired) electrons. The van der Waals surface area contributed by atoms with Crippen molar-refractivity contribution in [2.45, 2.75) is 70.6 Å². The van der Waals surface area contributed by atoms with E-state index in [4.69, 9.17) is 4.74 Å². The van der Waals surface area contributed by atoms with Gasteiger partial charge in [-0.05, 0) is 64.2 Å². The van der Waals surface area contributed by atoms with Crippen molar-refractivity contribution in [3.8, 4) is 0 Å². The third-order valence-electron chi connectivity index (χ3n) is 7.63. The van der Waals surface area contributed by atoms with Crippen LogP contribution >= 0.6 is 0 Å². The summed E-state index contributed by atoms with van der Waals surface area (Å²) in [5.74, 6) is -1.75. The molecule has 4 aliphatic rings. The third-order valence-corrected chi connectivity index (χ3v) is 7.63. The number of hydrogen-bond acceptors (Lipinski definition) is 8. The van der Waals surface area contributed by atoms with E-state index in [1.807, 2.05) is 26.8 Å². The second-order valence-corrected chi connectivity index (χ2v) is 11.5. The van der Waals surface area contributed by atoms with Crippen LogP contribution in [0.25, 0.3) is 0 Å². The van der Waals surface area contributed by atoms with Gasteiger partial charge in [0.15, 0.2) is 0 Å². The monoisotopic (exact) mass is 510 g/mol. The van der Waals surface area contributed by atoms with Crippen LogP contribution in [0.3, 0.4) is 0 Å². The van der Waals surface area contributed by atoms with Crippen molar-refractivity contribution in [1.82, 2.24) is 15.1 Å². The van der Waals surface area contributed by atoms with E-state index in [-0.39, 0.29) is 24.7 Å². The Morgan fingerprint density at radius 2 is 1.68 bits per heavy atom. The van der Waals surface area contributed by atoms with Gasteiger partial charge in [0.2, 0.25) is 11.8 Å². The van der Waals surface area contributed by atoms with Crippen molar-refractivity contribution in [2.75, 3.05) is 31.1 Å². The van der Waals surface area contributed by atoms with Gasteiger partial charge in [-0.25, -0.2) is 0 Å². The Kier molecular flexibility index (Phi) is 6.55. The summed E-state index contributed by atoms with van der Waals surface area (Å²) in [6, 6.07) is 4.78. The molecule has 5 rings (SSSR count). The topological polar surface area (TPSA) is 116 Å². The highest BCUT2D eigenvalue weighted by atomic mass is 16.6. The number of rotatable bonds is 5. The average Bonchev–Trinajstić information content (AvgIpc) is 3.05. The molecule has 10 nitrogen and oxygen atoms in total. The fourth-order valence-electron chi connectivity index (χ4n) is 5.80. The fourth-order valence-corrected chi connectivity index (χ4v) is 5.80. The normalized spacial score (nSPS) is 23.7. The fraction of sp³-hybridized carbons (Fsp3) is 0.593. The lowest BCUT2D eigenvalue weighted by Gasteiger charge is -2.47. The Labute approximate surface area is 216 Å². The molecule has 4 heterocycles. The van der Waals surface area contributed by atoms with Gasteiger partial charge in [-0.3, -0.25) is 39.1 Å². The van der Waals surface area contributed by atoms with E-state index >= 15 is 0 Å². The van der Waals surface area contributed by atoms with Crippen LogP contribution in [-0.4, -0.2) is 83.3 Å². The number of nitrogens with one attached hydrogen (secondary N) is 1. The van der Waals surface area contributed by atoms with E-state index < -0.39 is 29.4 Å². The number of anilines is 1. The minimum Gasteiger partial charge on any atom is -0.460 e. The smallest absolute Gasteiger partial charge is 0.306 e. The lowest BCUT2D eigenvalue weighted by atomic mass is 9.91. The van der Waals surface area contributed by atoms with E-state index in [0.29, 0.717) is 29.5 Å². The minimum absolute atomic E-state index is 0.1000. The zero-order valence-electron chi connectivity index (χ0n) is 21.6. The zero-order chi connectivity index (χ0) is 26.5. The van der Waals surface area contributed by atoms with Crippen molar-refractivity contribution < 1.29 is 28.7 Å². The molecule has 1 N–H and O–H groups in total. The minimum atomic E-state index is -0.958. The summed E-state index contributed by atoms with van der Waals surface area (Å²) in [6.45, 7) is 9.13. The van der Waals surface area contributed by atoms with Gasteiger partial charge in [-0.2, -0.15) is 0 Å². The number of ether oxygens (including phenoxy) is 1. The number of carbonyl (C=O) groups excluding carboxylic acids is 5. The van der Waals surface area contributed by atoms with E-state index in [1.54, 1.807) is 12.1 Å². The molecule has 4 aliphatic heterocycles. The summed E-state index contributed by atoms with van der Waals surface area (Å²) >= 11 is 0. The van der Waals surface area contributed by atoms with Crippen LogP contribution in [0, 0.1) is 5.92 Å². The van der Waals surface area contributed by atoms with Gasteiger partial charge in [-0.1, -0.05) is 0 Å². The number of piperidine rings is 2. The largest absolute Gasteiger partial charge is 0.460 e. The molecule has 0 saturated carbocycles. The summed E-state index contributed by atoms with van der Waals surface area (Å²) in [5.41, 5.74) is 1.04. The average molecular weight is 511 g/mol. The van der Waals surface area contributed by atoms with Crippen molar-refractivity contribution in [3.05, 3.63) is 29.3 Å². The van der Waals surface area contributed by atoms with Gasteiger partial charge in [0.25, 0.3) is 11.8 Å². The van der Waals surface area contributed by atoms with Gasteiger partial charge in [0.1, 0.15) is 11.6 Å². The molecule has 10 heteroatoms. The predicted molar refractivity (Wildman–Crippen MR) is 134 cm³/mol. The number of fused-ring (bicyclic) bond motifs is 1.